The molecular formula is C24H26N4O5S. The summed E-state index contributed by atoms with van der Waals surface area (Å²) in [6.07, 6.45) is 0. The lowest BCUT2D eigenvalue weighted by Gasteiger charge is -2.14. The van der Waals surface area contributed by atoms with E-state index in [1.54, 1.807) is 31.2 Å². The number of amides is 2. The summed E-state index contributed by atoms with van der Waals surface area (Å²) in [6, 6.07) is 18.3. The lowest BCUT2D eigenvalue weighted by atomic mass is 10.1. The molecule has 0 fully saturated rings. The molecule has 3 aromatic carbocycles. The molecule has 0 aromatic heterocycles. The van der Waals surface area contributed by atoms with Crippen LogP contribution in [0.15, 0.2) is 71.6 Å². The number of sulfonamides is 1. The predicted octanol–water partition coefficient (Wildman–Crippen LogP) is 2.99. The van der Waals surface area contributed by atoms with Gasteiger partial charge in [0, 0.05) is 11.3 Å². The maximum Gasteiger partial charge on any atom is 0.269 e. The molecule has 0 saturated heterocycles. The van der Waals surface area contributed by atoms with Crippen LogP contribution in [0.1, 0.15) is 21.5 Å². The standard InChI is InChI=1S/C24H26N4O5S/c1-16-8-12-19(13-9-16)25-15-23(29)26-27-24(30)18-11-10-17(2)22(14-18)34(31,32)28-20-6-4-5-7-21(20)33-3/h4-14,25,28H,15H2,1-3H3,(H,26,29)(H,27,30). The Kier molecular flexibility index (Phi) is 7.75. The molecule has 0 unspecified atom stereocenters. The van der Waals surface area contributed by atoms with Crippen LogP contribution in [0.2, 0.25) is 0 Å². The second kappa shape index (κ2) is 10.7. The Bertz CT molecular complexity index is 1290. The fourth-order valence-corrected chi connectivity index (χ4v) is 4.40. The van der Waals surface area contributed by atoms with Crippen molar-refractivity contribution in [3.05, 3.63) is 83.4 Å². The molecule has 0 aliphatic heterocycles. The highest BCUT2D eigenvalue weighted by Gasteiger charge is 2.21. The number of methoxy groups -OCH3 is 1. The lowest BCUT2D eigenvalue weighted by molar-refractivity contribution is -0.120. The first-order valence-corrected chi connectivity index (χ1v) is 11.8. The maximum atomic E-state index is 13.0. The number of ether oxygens (including phenoxy) is 1. The van der Waals surface area contributed by atoms with Gasteiger partial charge in [-0.1, -0.05) is 35.9 Å². The maximum absolute atomic E-state index is 13.0. The van der Waals surface area contributed by atoms with Gasteiger partial charge in [0.25, 0.3) is 21.8 Å². The molecule has 4 N–H and O–H groups in total. The van der Waals surface area contributed by atoms with E-state index in [-0.39, 0.29) is 22.7 Å². The molecule has 9 nitrogen and oxygen atoms in total. The van der Waals surface area contributed by atoms with Gasteiger partial charge in [0.1, 0.15) is 5.75 Å². The summed E-state index contributed by atoms with van der Waals surface area (Å²) in [7, 11) is -2.58. The quantitative estimate of drug-likeness (QED) is 0.366. The molecule has 10 heteroatoms. The molecular weight excluding hydrogens is 456 g/mol. The van der Waals surface area contributed by atoms with Crippen LogP contribution in [-0.4, -0.2) is 33.9 Å². The number of aryl methyl sites for hydroxylation is 2. The molecule has 0 aliphatic rings. The van der Waals surface area contributed by atoms with E-state index < -0.39 is 21.8 Å². The minimum Gasteiger partial charge on any atom is -0.495 e. The van der Waals surface area contributed by atoms with Crippen LogP contribution in [0.25, 0.3) is 0 Å². The number of hydrogen-bond acceptors (Lipinski definition) is 6. The smallest absolute Gasteiger partial charge is 0.269 e. The molecule has 0 spiro atoms. The van der Waals surface area contributed by atoms with Crippen molar-refractivity contribution in [2.75, 3.05) is 23.7 Å². The zero-order valence-electron chi connectivity index (χ0n) is 19.0. The number of hydrogen-bond donors (Lipinski definition) is 4. The van der Waals surface area contributed by atoms with Crippen molar-refractivity contribution < 1.29 is 22.7 Å². The number of carbonyl (C=O) groups is 2. The summed E-state index contributed by atoms with van der Waals surface area (Å²) in [4.78, 5) is 24.5. The molecule has 0 bridgehead atoms. The van der Waals surface area contributed by atoms with Crippen LogP contribution < -0.4 is 25.6 Å². The van der Waals surface area contributed by atoms with Gasteiger partial charge in [0.2, 0.25) is 0 Å². The van der Waals surface area contributed by atoms with Crippen LogP contribution in [0.4, 0.5) is 11.4 Å². The van der Waals surface area contributed by atoms with E-state index >= 15 is 0 Å². The van der Waals surface area contributed by atoms with Gasteiger partial charge in [0.15, 0.2) is 0 Å². The summed E-state index contributed by atoms with van der Waals surface area (Å²) in [5, 5.41) is 2.94. The van der Waals surface area contributed by atoms with Gasteiger partial charge < -0.3 is 10.1 Å². The third kappa shape index (κ3) is 6.26. The summed E-state index contributed by atoms with van der Waals surface area (Å²) in [6.45, 7) is 3.53. The SMILES string of the molecule is COc1ccccc1NS(=O)(=O)c1cc(C(=O)NNC(=O)CNc2ccc(C)cc2)ccc1C. The summed E-state index contributed by atoms with van der Waals surface area (Å²) in [5.41, 5.74) is 7.26. The van der Waals surface area contributed by atoms with Crippen LogP contribution in [-0.2, 0) is 14.8 Å². The number of benzene rings is 3. The molecule has 0 radical (unpaired) electrons. The van der Waals surface area contributed by atoms with Gasteiger partial charge in [-0.15, -0.1) is 0 Å². The zero-order chi connectivity index (χ0) is 24.7. The first-order valence-electron chi connectivity index (χ1n) is 10.4. The van der Waals surface area contributed by atoms with E-state index in [1.165, 1.54) is 25.3 Å². The highest BCUT2D eigenvalue weighted by molar-refractivity contribution is 7.92. The van der Waals surface area contributed by atoms with Gasteiger partial charge >= 0.3 is 0 Å². The molecule has 3 aromatic rings. The highest BCUT2D eigenvalue weighted by atomic mass is 32.2. The number of anilines is 2. The minimum absolute atomic E-state index is 0.0559. The third-order valence-electron chi connectivity index (χ3n) is 4.91. The Hall–Kier alpha value is -4.05. The second-order valence-electron chi connectivity index (χ2n) is 7.51. The predicted molar refractivity (Wildman–Crippen MR) is 130 cm³/mol. The molecule has 34 heavy (non-hydrogen) atoms. The van der Waals surface area contributed by atoms with Crippen LogP contribution in [0, 0.1) is 13.8 Å². The van der Waals surface area contributed by atoms with Crippen molar-refractivity contribution in [3.63, 3.8) is 0 Å². The van der Waals surface area contributed by atoms with Gasteiger partial charge in [-0.25, -0.2) is 8.42 Å². The van der Waals surface area contributed by atoms with E-state index in [4.69, 9.17) is 4.74 Å². The summed E-state index contributed by atoms with van der Waals surface area (Å²) >= 11 is 0. The number of para-hydroxylation sites is 2. The molecule has 0 aliphatic carbocycles. The fraction of sp³-hybridized carbons (Fsp3) is 0.167. The first-order chi connectivity index (χ1) is 16.2. The Morgan fingerprint density at radius 1 is 0.912 bits per heavy atom. The number of nitrogens with one attached hydrogen (secondary N) is 4. The van der Waals surface area contributed by atoms with Crippen molar-refractivity contribution >= 4 is 33.2 Å². The Morgan fingerprint density at radius 2 is 1.62 bits per heavy atom. The van der Waals surface area contributed by atoms with Crippen LogP contribution >= 0.6 is 0 Å². The van der Waals surface area contributed by atoms with Crippen molar-refractivity contribution in [2.45, 2.75) is 18.7 Å². The normalized spacial score (nSPS) is 10.8. The third-order valence-corrected chi connectivity index (χ3v) is 6.42. The Morgan fingerprint density at radius 3 is 2.32 bits per heavy atom. The molecule has 0 atom stereocenters. The van der Waals surface area contributed by atoms with Gasteiger partial charge in [0.05, 0.1) is 24.2 Å². The largest absolute Gasteiger partial charge is 0.495 e. The van der Waals surface area contributed by atoms with E-state index in [1.807, 2.05) is 31.2 Å². The fourth-order valence-electron chi connectivity index (χ4n) is 3.06. The Balaban J connectivity index is 1.65. The van der Waals surface area contributed by atoms with E-state index in [2.05, 4.69) is 20.9 Å². The topological polar surface area (TPSA) is 126 Å². The van der Waals surface area contributed by atoms with Crippen molar-refractivity contribution in [1.29, 1.82) is 0 Å². The first kappa shape index (κ1) is 24.6. The van der Waals surface area contributed by atoms with Gasteiger partial charge in [-0.3, -0.25) is 25.2 Å². The van der Waals surface area contributed by atoms with E-state index in [9.17, 15) is 18.0 Å². The highest BCUT2D eigenvalue weighted by Crippen LogP contribution is 2.27. The van der Waals surface area contributed by atoms with Crippen molar-refractivity contribution in [3.8, 4) is 5.75 Å². The molecule has 0 saturated carbocycles. The van der Waals surface area contributed by atoms with E-state index in [0.717, 1.165) is 11.3 Å². The van der Waals surface area contributed by atoms with Gasteiger partial charge in [-0.2, -0.15) is 0 Å². The average molecular weight is 483 g/mol. The van der Waals surface area contributed by atoms with Crippen LogP contribution in [0.5, 0.6) is 5.75 Å². The molecule has 178 valence electrons. The molecule has 3 rings (SSSR count). The average Bonchev–Trinajstić information content (AvgIpc) is 2.82. The zero-order valence-corrected chi connectivity index (χ0v) is 19.8. The van der Waals surface area contributed by atoms with Crippen LogP contribution in [0.3, 0.4) is 0 Å². The van der Waals surface area contributed by atoms with Crippen molar-refractivity contribution in [1.82, 2.24) is 10.9 Å². The minimum atomic E-state index is -4.01. The monoisotopic (exact) mass is 482 g/mol. The number of carbonyl (C=O) groups excluding carboxylic acids is 2. The number of hydrazine groups is 1. The Labute approximate surface area is 198 Å². The lowest BCUT2D eigenvalue weighted by Crippen LogP contribution is -2.44. The summed E-state index contributed by atoms with van der Waals surface area (Å²) in [5.74, 6) is -0.760. The van der Waals surface area contributed by atoms with E-state index in [0.29, 0.717) is 11.3 Å². The second-order valence-corrected chi connectivity index (χ2v) is 9.16. The molecule has 2 amide bonds. The van der Waals surface area contributed by atoms with Crippen molar-refractivity contribution in [2.24, 2.45) is 0 Å². The molecule has 0 heterocycles. The number of rotatable bonds is 8. The van der Waals surface area contributed by atoms with Gasteiger partial charge in [-0.05, 0) is 55.8 Å². The summed E-state index contributed by atoms with van der Waals surface area (Å²) < 4.78 is 33.7.